The Morgan fingerprint density at radius 1 is 1.16 bits per heavy atom. The van der Waals surface area contributed by atoms with E-state index in [0.717, 1.165) is 0 Å². The van der Waals surface area contributed by atoms with E-state index < -0.39 is 10.0 Å². The van der Waals surface area contributed by atoms with Crippen LogP contribution < -0.4 is 0 Å². The van der Waals surface area contributed by atoms with Gasteiger partial charge in [0.15, 0.2) is 0 Å². The Morgan fingerprint density at radius 3 is 2.21 bits per heavy atom. The van der Waals surface area contributed by atoms with Gasteiger partial charge >= 0.3 is 0 Å². The molecule has 0 saturated carbocycles. The van der Waals surface area contributed by atoms with Gasteiger partial charge in [-0.25, -0.2) is 8.42 Å². The summed E-state index contributed by atoms with van der Waals surface area (Å²) in [7, 11) is -3.48. The molecule has 1 N–H and O–H groups in total. The molecule has 0 unspecified atom stereocenters. The molecular formula is C14H23NO3S. The molecule has 0 aliphatic carbocycles. The van der Waals surface area contributed by atoms with Crippen LogP contribution in [0.5, 0.6) is 0 Å². The number of sulfonamides is 1. The highest BCUT2D eigenvalue weighted by Crippen LogP contribution is 2.22. The minimum Gasteiger partial charge on any atom is -0.396 e. The van der Waals surface area contributed by atoms with E-state index in [0.29, 0.717) is 24.4 Å². The zero-order valence-corrected chi connectivity index (χ0v) is 12.7. The number of rotatable bonds is 6. The van der Waals surface area contributed by atoms with Gasteiger partial charge in [-0.1, -0.05) is 39.0 Å². The van der Waals surface area contributed by atoms with Gasteiger partial charge < -0.3 is 5.11 Å². The maximum Gasteiger partial charge on any atom is 0.243 e. The molecule has 108 valence electrons. The van der Waals surface area contributed by atoms with E-state index in [1.807, 2.05) is 20.8 Å². The van der Waals surface area contributed by atoms with Crippen LogP contribution in [0.15, 0.2) is 35.2 Å². The Kier molecular flexibility index (Phi) is 5.52. The summed E-state index contributed by atoms with van der Waals surface area (Å²) < 4.78 is 26.6. The highest BCUT2D eigenvalue weighted by Gasteiger charge is 2.27. The lowest BCUT2D eigenvalue weighted by atomic mass is 9.97. The summed E-state index contributed by atoms with van der Waals surface area (Å²) >= 11 is 0. The Bertz CT molecular complexity index is 477. The molecule has 1 rings (SSSR count). The molecule has 0 saturated heterocycles. The van der Waals surface area contributed by atoms with Gasteiger partial charge in [0.2, 0.25) is 10.0 Å². The fourth-order valence-electron chi connectivity index (χ4n) is 1.80. The standard InChI is InChI=1S/C14H23NO3S/c1-14(2,3)12-15(10-7-11-16)19(17,18)13-8-5-4-6-9-13/h4-6,8-9,16H,7,10-12H2,1-3H3. The number of nitrogens with zero attached hydrogens (tertiary/aromatic N) is 1. The van der Waals surface area contributed by atoms with Gasteiger partial charge in [0.1, 0.15) is 0 Å². The third kappa shape index (κ3) is 4.93. The predicted molar refractivity (Wildman–Crippen MR) is 76.4 cm³/mol. The second-order valence-electron chi connectivity index (χ2n) is 5.79. The molecule has 0 spiro atoms. The van der Waals surface area contributed by atoms with Gasteiger partial charge in [-0.3, -0.25) is 0 Å². The maximum atomic E-state index is 12.6. The van der Waals surface area contributed by atoms with Gasteiger partial charge in [-0.15, -0.1) is 0 Å². The van der Waals surface area contributed by atoms with Crippen LogP contribution in [0.3, 0.4) is 0 Å². The van der Waals surface area contributed by atoms with Crippen LogP contribution in [-0.4, -0.2) is 37.5 Å². The lowest BCUT2D eigenvalue weighted by Crippen LogP contribution is -2.38. The number of hydrogen-bond acceptors (Lipinski definition) is 3. The van der Waals surface area contributed by atoms with E-state index in [-0.39, 0.29) is 12.0 Å². The molecular weight excluding hydrogens is 262 g/mol. The molecule has 0 fully saturated rings. The van der Waals surface area contributed by atoms with E-state index in [1.165, 1.54) is 4.31 Å². The molecule has 1 aromatic rings. The SMILES string of the molecule is CC(C)(C)CN(CCCO)S(=O)(=O)c1ccccc1. The van der Waals surface area contributed by atoms with Crippen molar-refractivity contribution in [2.24, 2.45) is 5.41 Å². The van der Waals surface area contributed by atoms with Gasteiger partial charge in [0.25, 0.3) is 0 Å². The maximum absolute atomic E-state index is 12.6. The summed E-state index contributed by atoms with van der Waals surface area (Å²) in [6, 6.07) is 8.43. The summed E-state index contributed by atoms with van der Waals surface area (Å²) in [5.41, 5.74) is -0.128. The first kappa shape index (κ1) is 16.1. The number of benzene rings is 1. The Balaban J connectivity index is 3.02. The minimum atomic E-state index is -3.48. The van der Waals surface area contributed by atoms with Crippen molar-refractivity contribution in [1.29, 1.82) is 0 Å². The van der Waals surface area contributed by atoms with Gasteiger partial charge in [0, 0.05) is 19.7 Å². The molecule has 0 amide bonds. The zero-order valence-electron chi connectivity index (χ0n) is 11.8. The minimum absolute atomic E-state index is 0.00898. The molecule has 0 heterocycles. The first-order chi connectivity index (χ1) is 8.77. The monoisotopic (exact) mass is 285 g/mol. The lowest BCUT2D eigenvalue weighted by molar-refractivity contribution is 0.241. The second-order valence-corrected chi connectivity index (χ2v) is 7.73. The summed E-state index contributed by atoms with van der Waals surface area (Å²) in [4.78, 5) is 0.303. The van der Waals surface area contributed by atoms with E-state index in [4.69, 9.17) is 5.11 Å². The van der Waals surface area contributed by atoms with Crippen LogP contribution in [-0.2, 0) is 10.0 Å². The molecule has 0 aliphatic heterocycles. The normalized spacial score (nSPS) is 12.9. The quantitative estimate of drug-likeness (QED) is 0.871. The largest absolute Gasteiger partial charge is 0.396 e. The summed E-state index contributed by atoms with van der Waals surface area (Å²) in [5, 5.41) is 8.93. The van der Waals surface area contributed by atoms with Crippen LogP contribution in [0.25, 0.3) is 0 Å². The van der Waals surface area contributed by atoms with Gasteiger partial charge in [0.05, 0.1) is 4.90 Å². The van der Waals surface area contributed by atoms with Gasteiger partial charge in [-0.2, -0.15) is 4.31 Å². The average Bonchev–Trinajstić information content (AvgIpc) is 2.34. The Hall–Kier alpha value is -0.910. The van der Waals surface area contributed by atoms with Crippen molar-refractivity contribution < 1.29 is 13.5 Å². The molecule has 0 atom stereocenters. The molecule has 4 nitrogen and oxygen atoms in total. The van der Waals surface area contributed by atoms with Crippen molar-refractivity contribution in [2.45, 2.75) is 32.1 Å². The van der Waals surface area contributed by atoms with E-state index in [2.05, 4.69) is 0 Å². The molecule has 0 bridgehead atoms. The summed E-state index contributed by atoms with van der Waals surface area (Å²) in [6.45, 7) is 6.76. The first-order valence-electron chi connectivity index (χ1n) is 6.43. The lowest BCUT2D eigenvalue weighted by Gasteiger charge is -2.29. The Labute approximate surface area is 116 Å². The molecule has 19 heavy (non-hydrogen) atoms. The summed E-state index contributed by atoms with van der Waals surface area (Å²) in [6.07, 6.45) is 0.447. The van der Waals surface area contributed by atoms with Crippen molar-refractivity contribution in [1.82, 2.24) is 4.31 Å². The number of hydrogen-bond donors (Lipinski definition) is 1. The first-order valence-corrected chi connectivity index (χ1v) is 7.87. The molecule has 5 heteroatoms. The molecule has 0 radical (unpaired) electrons. The average molecular weight is 285 g/mol. The fourth-order valence-corrected chi connectivity index (χ4v) is 3.53. The number of aliphatic hydroxyl groups excluding tert-OH is 1. The smallest absolute Gasteiger partial charge is 0.243 e. The van der Waals surface area contributed by atoms with Crippen LogP contribution in [0.4, 0.5) is 0 Å². The third-order valence-electron chi connectivity index (χ3n) is 2.60. The molecule has 0 aromatic heterocycles. The van der Waals surface area contributed by atoms with Crippen molar-refractivity contribution in [3.63, 3.8) is 0 Å². The molecule has 1 aromatic carbocycles. The predicted octanol–water partition coefficient (Wildman–Crippen LogP) is 2.11. The van der Waals surface area contributed by atoms with Crippen LogP contribution in [0.2, 0.25) is 0 Å². The van der Waals surface area contributed by atoms with Gasteiger partial charge in [-0.05, 0) is 24.0 Å². The van der Waals surface area contributed by atoms with Crippen LogP contribution >= 0.6 is 0 Å². The van der Waals surface area contributed by atoms with Crippen molar-refractivity contribution in [2.75, 3.05) is 19.7 Å². The number of aliphatic hydroxyl groups is 1. The van der Waals surface area contributed by atoms with Crippen molar-refractivity contribution >= 4 is 10.0 Å². The van der Waals surface area contributed by atoms with Crippen molar-refractivity contribution in [3.8, 4) is 0 Å². The topological polar surface area (TPSA) is 57.6 Å². The van der Waals surface area contributed by atoms with E-state index >= 15 is 0 Å². The van der Waals surface area contributed by atoms with Crippen LogP contribution in [0.1, 0.15) is 27.2 Å². The highest BCUT2D eigenvalue weighted by atomic mass is 32.2. The van der Waals surface area contributed by atoms with E-state index in [1.54, 1.807) is 30.3 Å². The fraction of sp³-hybridized carbons (Fsp3) is 0.571. The highest BCUT2D eigenvalue weighted by molar-refractivity contribution is 7.89. The van der Waals surface area contributed by atoms with E-state index in [9.17, 15) is 8.42 Å². The third-order valence-corrected chi connectivity index (χ3v) is 4.46. The summed E-state index contributed by atoms with van der Waals surface area (Å²) in [5.74, 6) is 0. The Morgan fingerprint density at radius 2 is 1.74 bits per heavy atom. The zero-order chi connectivity index (χ0) is 14.5. The molecule has 0 aliphatic rings. The second kappa shape index (κ2) is 6.50. The van der Waals surface area contributed by atoms with Crippen LogP contribution in [0, 0.1) is 5.41 Å². The van der Waals surface area contributed by atoms with Crippen molar-refractivity contribution in [3.05, 3.63) is 30.3 Å².